The highest BCUT2D eigenvalue weighted by Crippen LogP contribution is 2.34. The molecule has 0 saturated heterocycles. The molecule has 3 aromatic rings. The van der Waals surface area contributed by atoms with Gasteiger partial charge in [0.1, 0.15) is 5.58 Å². The fraction of sp³-hybridized carbons (Fsp3) is 0.167. The molecule has 0 spiro atoms. The van der Waals surface area contributed by atoms with Crippen molar-refractivity contribution in [3.63, 3.8) is 0 Å². The van der Waals surface area contributed by atoms with Crippen molar-refractivity contribution < 1.29 is 22.4 Å². The summed E-state index contributed by atoms with van der Waals surface area (Å²) in [6, 6.07) is 8.37. The number of anilines is 1. The second-order valence-corrected chi connectivity index (χ2v) is 6.09. The number of nitrogens with one attached hydrogen (secondary N) is 1. The van der Waals surface area contributed by atoms with Gasteiger partial charge >= 0.3 is 6.18 Å². The van der Waals surface area contributed by atoms with Gasteiger partial charge in [-0.1, -0.05) is 23.2 Å². The quantitative estimate of drug-likeness (QED) is 0.655. The second kappa shape index (κ2) is 6.44. The predicted octanol–water partition coefficient (Wildman–Crippen LogP) is 5.59. The Morgan fingerprint density at radius 3 is 2.68 bits per heavy atom. The van der Waals surface area contributed by atoms with Gasteiger partial charge in [-0.05, 0) is 37.3 Å². The van der Waals surface area contributed by atoms with E-state index >= 15 is 0 Å². The van der Waals surface area contributed by atoms with Crippen molar-refractivity contribution in [3.05, 3.63) is 64.4 Å². The molecule has 0 aliphatic heterocycles. The van der Waals surface area contributed by atoms with Crippen LogP contribution in [0.4, 0.5) is 18.9 Å². The maximum absolute atomic E-state index is 12.8. The molecule has 1 aromatic heterocycles. The first-order valence-electron chi connectivity index (χ1n) is 7.37. The highest BCUT2D eigenvalue weighted by atomic mass is 35.5. The minimum absolute atomic E-state index is 0.0363. The molecular formula is C18H13ClF3NO2. The molecule has 0 aliphatic carbocycles. The third-order valence-corrected chi connectivity index (χ3v) is 4.06. The van der Waals surface area contributed by atoms with E-state index in [2.05, 4.69) is 5.32 Å². The SMILES string of the molecule is Cc1ccc2occ(CC(=O)Nc3cc(C(F)(F)F)ccc3Cl)c2c1. The first-order valence-corrected chi connectivity index (χ1v) is 7.75. The van der Waals surface area contributed by atoms with Crippen LogP contribution in [0.3, 0.4) is 0 Å². The minimum Gasteiger partial charge on any atom is -0.464 e. The lowest BCUT2D eigenvalue weighted by molar-refractivity contribution is -0.137. The van der Waals surface area contributed by atoms with E-state index in [1.54, 1.807) is 6.07 Å². The molecule has 130 valence electrons. The molecule has 25 heavy (non-hydrogen) atoms. The summed E-state index contributed by atoms with van der Waals surface area (Å²) < 4.78 is 43.7. The fourth-order valence-corrected chi connectivity index (χ4v) is 2.66. The summed E-state index contributed by atoms with van der Waals surface area (Å²) in [4.78, 5) is 12.2. The number of benzene rings is 2. The fourth-order valence-electron chi connectivity index (χ4n) is 2.50. The molecule has 3 nitrogen and oxygen atoms in total. The zero-order valence-electron chi connectivity index (χ0n) is 13.1. The Bertz CT molecular complexity index is 947. The zero-order valence-corrected chi connectivity index (χ0v) is 13.8. The van der Waals surface area contributed by atoms with Crippen LogP contribution in [0.15, 0.2) is 47.1 Å². The molecule has 0 radical (unpaired) electrons. The van der Waals surface area contributed by atoms with E-state index in [1.807, 2.05) is 19.1 Å². The number of carbonyl (C=O) groups is 1. The van der Waals surface area contributed by atoms with Crippen LogP contribution in [0.25, 0.3) is 11.0 Å². The molecule has 1 N–H and O–H groups in total. The number of aryl methyl sites for hydroxylation is 1. The van der Waals surface area contributed by atoms with Crippen LogP contribution in [0.1, 0.15) is 16.7 Å². The molecule has 1 heterocycles. The summed E-state index contributed by atoms with van der Waals surface area (Å²) in [6.07, 6.45) is -3.08. The molecule has 2 aromatic carbocycles. The van der Waals surface area contributed by atoms with Crippen molar-refractivity contribution in [2.24, 2.45) is 0 Å². The van der Waals surface area contributed by atoms with E-state index < -0.39 is 17.6 Å². The predicted molar refractivity (Wildman–Crippen MR) is 89.7 cm³/mol. The maximum atomic E-state index is 12.8. The lowest BCUT2D eigenvalue weighted by atomic mass is 10.1. The molecule has 0 unspecified atom stereocenters. The summed E-state index contributed by atoms with van der Waals surface area (Å²) in [6.45, 7) is 1.92. The molecule has 3 rings (SSSR count). The molecule has 0 atom stereocenters. The van der Waals surface area contributed by atoms with Gasteiger partial charge in [0.05, 0.1) is 29.0 Å². The smallest absolute Gasteiger partial charge is 0.416 e. The standard InChI is InChI=1S/C18H13ClF3NO2/c1-10-2-5-16-13(6-10)11(9-25-16)7-17(24)23-15-8-12(18(20,21)22)3-4-14(15)19/h2-6,8-9H,7H2,1H3,(H,23,24). The zero-order chi connectivity index (χ0) is 18.2. The molecule has 7 heteroatoms. The molecule has 1 amide bonds. The largest absolute Gasteiger partial charge is 0.464 e. The first-order chi connectivity index (χ1) is 11.7. The summed E-state index contributed by atoms with van der Waals surface area (Å²) >= 11 is 5.89. The highest BCUT2D eigenvalue weighted by Gasteiger charge is 2.31. The number of amides is 1. The topological polar surface area (TPSA) is 42.2 Å². The summed E-state index contributed by atoms with van der Waals surface area (Å²) in [7, 11) is 0. The first kappa shape index (κ1) is 17.4. The van der Waals surface area contributed by atoms with E-state index in [0.29, 0.717) is 11.1 Å². The lowest BCUT2D eigenvalue weighted by Gasteiger charge is -2.11. The van der Waals surface area contributed by atoms with E-state index in [9.17, 15) is 18.0 Å². The molecule has 0 bridgehead atoms. The number of alkyl halides is 3. The summed E-state index contributed by atoms with van der Waals surface area (Å²) in [5, 5.41) is 3.26. The van der Waals surface area contributed by atoms with Crippen LogP contribution in [0.5, 0.6) is 0 Å². The van der Waals surface area contributed by atoms with E-state index in [1.165, 1.54) is 6.26 Å². The van der Waals surface area contributed by atoms with Crippen LogP contribution in [-0.4, -0.2) is 5.91 Å². The third kappa shape index (κ3) is 3.79. The normalized spacial score (nSPS) is 11.7. The van der Waals surface area contributed by atoms with Gasteiger partial charge in [-0.3, -0.25) is 4.79 Å². The number of rotatable bonds is 3. The van der Waals surface area contributed by atoms with E-state index in [0.717, 1.165) is 29.1 Å². The third-order valence-electron chi connectivity index (χ3n) is 3.73. The van der Waals surface area contributed by atoms with Gasteiger partial charge < -0.3 is 9.73 Å². The Hall–Kier alpha value is -2.47. The minimum atomic E-state index is -4.51. The van der Waals surface area contributed by atoms with Crippen molar-refractivity contribution in [2.45, 2.75) is 19.5 Å². The highest BCUT2D eigenvalue weighted by molar-refractivity contribution is 6.33. The summed E-state index contributed by atoms with van der Waals surface area (Å²) in [5.41, 5.74) is 1.35. The van der Waals surface area contributed by atoms with Gasteiger partial charge in [0.2, 0.25) is 5.91 Å². The van der Waals surface area contributed by atoms with Crippen LogP contribution in [-0.2, 0) is 17.4 Å². The lowest BCUT2D eigenvalue weighted by Crippen LogP contribution is -2.15. The van der Waals surface area contributed by atoms with Gasteiger partial charge in [-0.25, -0.2) is 0 Å². The van der Waals surface area contributed by atoms with Gasteiger partial charge in [-0.2, -0.15) is 13.2 Å². The van der Waals surface area contributed by atoms with Crippen molar-refractivity contribution in [2.75, 3.05) is 5.32 Å². The van der Waals surface area contributed by atoms with Gasteiger partial charge in [0.25, 0.3) is 0 Å². The molecule has 0 saturated carbocycles. The number of fused-ring (bicyclic) bond motifs is 1. The number of hydrogen-bond donors (Lipinski definition) is 1. The Balaban J connectivity index is 1.82. The Morgan fingerprint density at radius 1 is 1.20 bits per heavy atom. The van der Waals surface area contributed by atoms with Crippen LogP contribution >= 0.6 is 11.6 Å². The average Bonchev–Trinajstić information content (AvgIpc) is 2.90. The van der Waals surface area contributed by atoms with Crippen molar-refractivity contribution in [1.82, 2.24) is 0 Å². The van der Waals surface area contributed by atoms with Crippen molar-refractivity contribution in [1.29, 1.82) is 0 Å². The Kier molecular flexibility index (Phi) is 4.47. The van der Waals surface area contributed by atoms with Crippen LogP contribution < -0.4 is 5.32 Å². The van der Waals surface area contributed by atoms with Crippen molar-refractivity contribution in [3.8, 4) is 0 Å². The molecular weight excluding hydrogens is 355 g/mol. The Morgan fingerprint density at radius 2 is 1.96 bits per heavy atom. The van der Waals surface area contributed by atoms with Gasteiger partial charge in [0.15, 0.2) is 0 Å². The molecule has 0 aliphatic rings. The van der Waals surface area contributed by atoms with Gasteiger partial charge in [0, 0.05) is 10.9 Å². The van der Waals surface area contributed by atoms with E-state index in [4.69, 9.17) is 16.0 Å². The number of carbonyl (C=O) groups excluding carboxylic acids is 1. The second-order valence-electron chi connectivity index (χ2n) is 5.68. The van der Waals surface area contributed by atoms with Crippen molar-refractivity contribution >= 4 is 34.2 Å². The summed E-state index contributed by atoms with van der Waals surface area (Å²) in [5.74, 6) is -0.481. The number of furan rings is 1. The number of hydrogen-bond acceptors (Lipinski definition) is 2. The van der Waals surface area contributed by atoms with E-state index in [-0.39, 0.29) is 17.1 Å². The van der Waals surface area contributed by atoms with Gasteiger partial charge in [-0.15, -0.1) is 0 Å². The van der Waals surface area contributed by atoms with Crippen LogP contribution in [0, 0.1) is 6.92 Å². The average molecular weight is 368 g/mol. The van der Waals surface area contributed by atoms with Crippen LogP contribution in [0.2, 0.25) is 5.02 Å². The maximum Gasteiger partial charge on any atom is 0.416 e. The molecule has 0 fully saturated rings. The number of halogens is 4. The monoisotopic (exact) mass is 367 g/mol. The Labute approximate surface area is 146 Å².